The van der Waals surface area contributed by atoms with Gasteiger partial charge in [-0.15, -0.1) is 0 Å². The molecular formula is C19H13N3O7. The van der Waals surface area contributed by atoms with Crippen molar-refractivity contribution in [3.05, 3.63) is 63.9 Å². The van der Waals surface area contributed by atoms with Gasteiger partial charge in [0, 0.05) is 29.1 Å². The fraction of sp³-hybridized carbons (Fsp3) is 0.105. The number of anilines is 1. The molecule has 0 bridgehead atoms. The van der Waals surface area contributed by atoms with E-state index < -0.39 is 23.4 Å². The topological polar surface area (TPSA) is 156 Å². The standard InChI is InChI=1S/C19H13N3O7/c20-8-11-5-13(22(26)27)1-4-16(11)21-18(24)10-29-19(25)6-12-9-28-17-7-14(23)2-3-15(12)17/h1-5,7,9,23H,6,10H2,(H,21,24). The van der Waals surface area contributed by atoms with Crippen LogP contribution < -0.4 is 5.32 Å². The Bertz CT molecular complexity index is 1160. The maximum atomic E-state index is 12.0. The number of nitrogens with zero attached hydrogens (tertiary/aromatic N) is 2. The highest BCUT2D eigenvalue weighted by molar-refractivity contribution is 5.94. The number of ether oxygens (including phenoxy) is 1. The van der Waals surface area contributed by atoms with Crippen molar-refractivity contribution in [3.8, 4) is 11.8 Å². The average Bonchev–Trinajstić information content (AvgIpc) is 3.08. The van der Waals surface area contributed by atoms with E-state index >= 15 is 0 Å². The van der Waals surface area contributed by atoms with Gasteiger partial charge < -0.3 is 19.6 Å². The van der Waals surface area contributed by atoms with Crippen molar-refractivity contribution in [1.29, 1.82) is 5.26 Å². The number of non-ortho nitro benzene ring substituents is 1. The molecule has 29 heavy (non-hydrogen) atoms. The van der Waals surface area contributed by atoms with Crippen molar-refractivity contribution in [2.45, 2.75) is 6.42 Å². The number of phenols is 1. The molecular weight excluding hydrogens is 382 g/mol. The minimum atomic E-state index is -0.703. The normalized spacial score (nSPS) is 10.3. The van der Waals surface area contributed by atoms with Gasteiger partial charge in [0.2, 0.25) is 0 Å². The van der Waals surface area contributed by atoms with Gasteiger partial charge in [-0.1, -0.05) is 0 Å². The molecule has 0 aliphatic carbocycles. The highest BCUT2D eigenvalue weighted by Crippen LogP contribution is 2.25. The summed E-state index contributed by atoms with van der Waals surface area (Å²) in [4.78, 5) is 34.1. The van der Waals surface area contributed by atoms with Gasteiger partial charge in [-0.2, -0.15) is 5.26 Å². The number of nitro groups is 1. The van der Waals surface area contributed by atoms with Gasteiger partial charge in [0.1, 0.15) is 17.4 Å². The van der Waals surface area contributed by atoms with Gasteiger partial charge in [0.25, 0.3) is 11.6 Å². The SMILES string of the molecule is N#Cc1cc([N+](=O)[O-])ccc1NC(=O)COC(=O)Cc1coc2cc(O)ccc12. The van der Waals surface area contributed by atoms with Crippen molar-refractivity contribution < 1.29 is 28.8 Å². The predicted molar refractivity (Wildman–Crippen MR) is 99.0 cm³/mol. The molecule has 146 valence electrons. The second kappa shape index (κ2) is 8.10. The third-order valence-electron chi connectivity index (χ3n) is 3.95. The number of nitro benzene ring substituents is 1. The van der Waals surface area contributed by atoms with E-state index in [1.807, 2.05) is 0 Å². The third-order valence-corrected chi connectivity index (χ3v) is 3.95. The van der Waals surface area contributed by atoms with E-state index in [9.17, 15) is 24.8 Å². The predicted octanol–water partition coefficient (Wildman–Crippen LogP) is 2.64. The number of phenolic OH excluding ortho intramolecular Hbond substituents is 1. The van der Waals surface area contributed by atoms with Crippen LogP contribution in [0, 0.1) is 21.4 Å². The number of nitrogens with one attached hydrogen (secondary N) is 1. The molecule has 10 nitrogen and oxygen atoms in total. The van der Waals surface area contributed by atoms with Gasteiger partial charge in [-0.25, -0.2) is 0 Å². The van der Waals surface area contributed by atoms with E-state index in [0.717, 1.165) is 12.1 Å². The first-order valence-corrected chi connectivity index (χ1v) is 8.20. The number of amides is 1. The molecule has 1 aromatic heterocycles. The van der Waals surface area contributed by atoms with E-state index in [-0.39, 0.29) is 29.1 Å². The minimum absolute atomic E-state index is 0.0284. The van der Waals surface area contributed by atoms with Crippen LogP contribution in [0.4, 0.5) is 11.4 Å². The molecule has 1 amide bonds. The number of carbonyl (C=O) groups excluding carboxylic acids is 2. The lowest BCUT2D eigenvalue weighted by Crippen LogP contribution is -2.22. The fourth-order valence-electron chi connectivity index (χ4n) is 2.59. The number of rotatable bonds is 6. The Balaban J connectivity index is 1.58. The van der Waals surface area contributed by atoms with Crippen molar-refractivity contribution in [2.24, 2.45) is 0 Å². The molecule has 0 radical (unpaired) electrons. The zero-order valence-electron chi connectivity index (χ0n) is 14.7. The number of nitriles is 1. The summed E-state index contributed by atoms with van der Waals surface area (Å²) in [5.41, 5.74) is 0.638. The quantitative estimate of drug-likeness (QED) is 0.366. The Morgan fingerprint density at radius 2 is 2.07 bits per heavy atom. The number of fused-ring (bicyclic) bond motifs is 1. The number of hydrogen-bond donors (Lipinski definition) is 2. The number of benzene rings is 2. The van der Waals surface area contributed by atoms with Crippen LogP contribution in [0.1, 0.15) is 11.1 Å². The molecule has 0 saturated heterocycles. The van der Waals surface area contributed by atoms with Crippen molar-refractivity contribution >= 4 is 34.2 Å². The summed E-state index contributed by atoms with van der Waals surface area (Å²) in [7, 11) is 0. The van der Waals surface area contributed by atoms with Crippen LogP contribution >= 0.6 is 0 Å². The maximum absolute atomic E-state index is 12.0. The van der Waals surface area contributed by atoms with E-state index in [2.05, 4.69) is 5.32 Å². The summed E-state index contributed by atoms with van der Waals surface area (Å²) in [6, 6.07) is 9.62. The van der Waals surface area contributed by atoms with Crippen LogP contribution in [0.25, 0.3) is 11.0 Å². The molecule has 2 N–H and O–H groups in total. The van der Waals surface area contributed by atoms with E-state index in [1.165, 1.54) is 24.5 Å². The van der Waals surface area contributed by atoms with Gasteiger partial charge >= 0.3 is 5.97 Å². The highest BCUT2D eigenvalue weighted by Gasteiger charge is 2.16. The Hall–Kier alpha value is -4.39. The second-order valence-electron chi connectivity index (χ2n) is 5.93. The van der Waals surface area contributed by atoms with Gasteiger partial charge in [0.15, 0.2) is 6.61 Å². The first kappa shape index (κ1) is 19.4. The molecule has 3 aromatic rings. The Morgan fingerprint density at radius 3 is 2.79 bits per heavy atom. The summed E-state index contributed by atoms with van der Waals surface area (Å²) in [6.45, 7) is -0.600. The molecule has 10 heteroatoms. The summed E-state index contributed by atoms with van der Waals surface area (Å²) < 4.78 is 10.2. The molecule has 0 fully saturated rings. The van der Waals surface area contributed by atoms with Crippen LogP contribution in [0.5, 0.6) is 5.75 Å². The molecule has 0 aliphatic rings. The average molecular weight is 395 g/mol. The Labute approximate surface area is 163 Å². The van der Waals surface area contributed by atoms with Crippen molar-refractivity contribution in [2.75, 3.05) is 11.9 Å². The lowest BCUT2D eigenvalue weighted by atomic mass is 10.1. The molecule has 0 aliphatic heterocycles. The summed E-state index contributed by atoms with van der Waals surface area (Å²) in [5, 5.41) is 32.2. The molecule has 0 spiro atoms. The summed E-state index contributed by atoms with van der Waals surface area (Å²) in [6.07, 6.45) is 1.22. The van der Waals surface area contributed by atoms with Crippen LogP contribution in [-0.2, 0) is 20.7 Å². The van der Waals surface area contributed by atoms with E-state index in [0.29, 0.717) is 16.5 Å². The molecule has 0 saturated carbocycles. The van der Waals surface area contributed by atoms with Gasteiger partial charge in [0.05, 0.1) is 28.9 Å². The molecule has 2 aromatic carbocycles. The van der Waals surface area contributed by atoms with Gasteiger partial charge in [-0.05, 0) is 18.2 Å². The van der Waals surface area contributed by atoms with Crippen LogP contribution in [-0.4, -0.2) is 28.5 Å². The Kier molecular flexibility index (Phi) is 5.41. The number of esters is 1. The molecule has 3 rings (SSSR count). The first-order valence-electron chi connectivity index (χ1n) is 8.20. The number of carbonyl (C=O) groups is 2. The van der Waals surface area contributed by atoms with Crippen LogP contribution in [0.2, 0.25) is 0 Å². The monoisotopic (exact) mass is 395 g/mol. The van der Waals surface area contributed by atoms with E-state index in [4.69, 9.17) is 14.4 Å². The Morgan fingerprint density at radius 1 is 1.28 bits per heavy atom. The fourth-order valence-corrected chi connectivity index (χ4v) is 2.59. The zero-order chi connectivity index (χ0) is 21.0. The third kappa shape index (κ3) is 4.48. The maximum Gasteiger partial charge on any atom is 0.310 e. The molecule has 0 atom stereocenters. The smallest absolute Gasteiger partial charge is 0.310 e. The lowest BCUT2D eigenvalue weighted by Gasteiger charge is -2.08. The summed E-state index contributed by atoms with van der Waals surface area (Å²) in [5.74, 6) is -1.36. The number of aromatic hydroxyl groups is 1. The van der Waals surface area contributed by atoms with E-state index in [1.54, 1.807) is 12.1 Å². The first-order chi connectivity index (χ1) is 13.9. The van der Waals surface area contributed by atoms with Crippen molar-refractivity contribution in [3.63, 3.8) is 0 Å². The number of furan rings is 1. The zero-order valence-corrected chi connectivity index (χ0v) is 14.7. The van der Waals surface area contributed by atoms with Crippen LogP contribution in [0.3, 0.4) is 0 Å². The largest absolute Gasteiger partial charge is 0.508 e. The summed E-state index contributed by atoms with van der Waals surface area (Å²) >= 11 is 0. The number of hydrogen-bond acceptors (Lipinski definition) is 8. The minimum Gasteiger partial charge on any atom is -0.508 e. The second-order valence-corrected chi connectivity index (χ2v) is 5.93. The molecule has 1 heterocycles. The van der Waals surface area contributed by atoms with Gasteiger partial charge in [-0.3, -0.25) is 19.7 Å². The van der Waals surface area contributed by atoms with Crippen LogP contribution in [0.15, 0.2) is 47.1 Å². The highest BCUT2D eigenvalue weighted by atomic mass is 16.6. The molecule has 0 unspecified atom stereocenters. The van der Waals surface area contributed by atoms with Crippen molar-refractivity contribution in [1.82, 2.24) is 0 Å². The lowest BCUT2D eigenvalue weighted by molar-refractivity contribution is -0.384.